The van der Waals surface area contributed by atoms with Crippen molar-refractivity contribution in [3.63, 3.8) is 0 Å². The lowest BCUT2D eigenvalue weighted by Crippen LogP contribution is -2.34. The van der Waals surface area contributed by atoms with Gasteiger partial charge in [0, 0.05) is 31.4 Å². The van der Waals surface area contributed by atoms with Gasteiger partial charge < -0.3 is 15.6 Å². The molecule has 23 heavy (non-hydrogen) atoms. The third-order valence-electron chi connectivity index (χ3n) is 4.71. The van der Waals surface area contributed by atoms with Gasteiger partial charge in [0.1, 0.15) is 0 Å². The summed E-state index contributed by atoms with van der Waals surface area (Å²) in [5, 5.41) is 3.06. The summed E-state index contributed by atoms with van der Waals surface area (Å²) < 4.78 is 2.03. The predicted octanol–water partition coefficient (Wildman–Crippen LogP) is 1.92. The predicted molar refractivity (Wildman–Crippen MR) is 89.5 cm³/mol. The maximum Gasteiger partial charge on any atom is 0.223 e. The largest absolute Gasteiger partial charge is 0.352 e. The van der Waals surface area contributed by atoms with Crippen LogP contribution in [0.4, 0.5) is 0 Å². The van der Waals surface area contributed by atoms with E-state index in [4.69, 9.17) is 5.73 Å². The number of aromatic nitrogens is 2. The van der Waals surface area contributed by atoms with Crippen molar-refractivity contribution in [3.05, 3.63) is 54.1 Å². The van der Waals surface area contributed by atoms with Crippen molar-refractivity contribution in [2.45, 2.75) is 32.4 Å². The highest BCUT2D eigenvalue weighted by Crippen LogP contribution is 2.30. The van der Waals surface area contributed by atoms with E-state index >= 15 is 0 Å². The van der Waals surface area contributed by atoms with E-state index in [0.29, 0.717) is 19.0 Å². The second-order valence-corrected chi connectivity index (χ2v) is 6.30. The molecule has 1 heterocycles. The summed E-state index contributed by atoms with van der Waals surface area (Å²) in [5.74, 6) is 0.605. The number of nitrogens with zero attached hydrogens (tertiary/aromatic N) is 2. The second-order valence-electron chi connectivity index (χ2n) is 6.30. The van der Waals surface area contributed by atoms with Gasteiger partial charge in [0.15, 0.2) is 0 Å². The molecule has 1 saturated carbocycles. The van der Waals surface area contributed by atoms with Gasteiger partial charge in [-0.15, -0.1) is 0 Å². The molecule has 5 nitrogen and oxygen atoms in total. The Hall–Kier alpha value is -2.14. The third kappa shape index (κ3) is 3.99. The average molecular weight is 312 g/mol. The molecule has 122 valence electrons. The topological polar surface area (TPSA) is 72.9 Å². The van der Waals surface area contributed by atoms with Gasteiger partial charge in [0.05, 0.1) is 6.33 Å². The van der Waals surface area contributed by atoms with Crippen LogP contribution >= 0.6 is 0 Å². The van der Waals surface area contributed by atoms with Crippen molar-refractivity contribution >= 4 is 5.91 Å². The van der Waals surface area contributed by atoms with Gasteiger partial charge in [-0.25, -0.2) is 4.98 Å². The van der Waals surface area contributed by atoms with Crippen LogP contribution < -0.4 is 11.1 Å². The zero-order valence-corrected chi connectivity index (χ0v) is 13.3. The minimum atomic E-state index is 0.0977. The Morgan fingerprint density at radius 2 is 2.04 bits per heavy atom. The summed E-state index contributed by atoms with van der Waals surface area (Å²) in [6, 6.07) is 8.34. The highest BCUT2D eigenvalue weighted by Gasteiger charge is 2.31. The average Bonchev–Trinajstić information content (AvgIpc) is 3.25. The summed E-state index contributed by atoms with van der Waals surface area (Å²) in [4.78, 5) is 16.3. The van der Waals surface area contributed by atoms with E-state index in [2.05, 4.69) is 34.6 Å². The molecule has 0 unspecified atom stereocenters. The highest BCUT2D eigenvalue weighted by molar-refractivity contribution is 5.79. The van der Waals surface area contributed by atoms with Crippen LogP contribution in [0.2, 0.25) is 0 Å². The van der Waals surface area contributed by atoms with Crippen LogP contribution in [0.25, 0.3) is 0 Å². The van der Waals surface area contributed by atoms with Crippen molar-refractivity contribution in [2.24, 2.45) is 17.6 Å². The lowest BCUT2D eigenvalue weighted by atomic mass is 9.95. The van der Waals surface area contributed by atoms with Gasteiger partial charge in [-0.1, -0.05) is 30.7 Å². The molecule has 1 aromatic carbocycles. The molecule has 0 spiro atoms. The van der Waals surface area contributed by atoms with Gasteiger partial charge in [0.2, 0.25) is 5.91 Å². The lowest BCUT2D eigenvalue weighted by molar-refractivity contribution is -0.126. The fourth-order valence-corrected chi connectivity index (χ4v) is 3.34. The molecule has 1 aliphatic rings. The van der Waals surface area contributed by atoms with Gasteiger partial charge >= 0.3 is 0 Å². The molecule has 3 N–H and O–H groups in total. The molecule has 0 saturated heterocycles. The molecule has 3 rings (SSSR count). The van der Waals surface area contributed by atoms with Crippen molar-refractivity contribution in [3.8, 4) is 0 Å². The van der Waals surface area contributed by atoms with Gasteiger partial charge in [-0.05, 0) is 36.4 Å². The highest BCUT2D eigenvalue weighted by atomic mass is 16.1. The van der Waals surface area contributed by atoms with Crippen LogP contribution in [-0.4, -0.2) is 22.0 Å². The summed E-state index contributed by atoms with van der Waals surface area (Å²) in [6.45, 7) is 2.01. The molecule has 1 fully saturated rings. The van der Waals surface area contributed by atoms with Crippen LogP contribution in [0.3, 0.4) is 0 Å². The third-order valence-corrected chi connectivity index (χ3v) is 4.71. The number of carbonyl (C=O) groups is 1. The van der Waals surface area contributed by atoms with Crippen LogP contribution in [0.5, 0.6) is 0 Å². The van der Waals surface area contributed by atoms with E-state index in [-0.39, 0.29) is 11.8 Å². The quantitative estimate of drug-likeness (QED) is 0.856. The standard InChI is InChI=1S/C18H24N4O/c19-10-16-2-1-3-17(16)18(23)21-11-14-4-6-15(7-5-14)12-22-9-8-20-13-22/h4-9,13,16-17H,1-3,10-12,19H2,(H,21,23)/t16-,17-/m1/s1. The molecule has 1 amide bonds. The molecule has 0 bridgehead atoms. The van der Waals surface area contributed by atoms with Gasteiger partial charge in [-0.2, -0.15) is 0 Å². The molecule has 1 aromatic heterocycles. The Balaban J connectivity index is 1.51. The Morgan fingerprint density at radius 3 is 2.74 bits per heavy atom. The number of imidazole rings is 1. The molecule has 1 aliphatic carbocycles. The smallest absolute Gasteiger partial charge is 0.223 e. The first kappa shape index (κ1) is 15.7. The first-order valence-electron chi connectivity index (χ1n) is 8.27. The molecule has 5 heteroatoms. The molecule has 0 aliphatic heterocycles. The van der Waals surface area contributed by atoms with E-state index in [9.17, 15) is 4.79 Å². The van der Waals surface area contributed by atoms with Gasteiger partial charge in [-0.3, -0.25) is 4.79 Å². The van der Waals surface area contributed by atoms with E-state index in [1.807, 2.05) is 17.1 Å². The Morgan fingerprint density at radius 1 is 1.26 bits per heavy atom. The van der Waals surface area contributed by atoms with Crippen molar-refractivity contribution in [1.82, 2.24) is 14.9 Å². The van der Waals surface area contributed by atoms with Crippen LogP contribution in [0, 0.1) is 11.8 Å². The summed E-state index contributed by atoms with van der Waals surface area (Å²) in [5.41, 5.74) is 8.09. The molecular weight excluding hydrogens is 288 g/mol. The fraction of sp³-hybridized carbons (Fsp3) is 0.444. The Labute approximate surface area is 136 Å². The SMILES string of the molecule is NC[C@H]1CCC[C@H]1C(=O)NCc1ccc(Cn2ccnc2)cc1. The number of amides is 1. The van der Waals surface area contributed by atoms with Crippen LogP contribution in [-0.2, 0) is 17.9 Å². The van der Waals surface area contributed by atoms with Crippen LogP contribution in [0.15, 0.2) is 43.0 Å². The lowest BCUT2D eigenvalue weighted by Gasteiger charge is -2.17. The zero-order chi connectivity index (χ0) is 16.1. The Kier molecular flexibility index (Phi) is 5.08. The fourth-order valence-electron chi connectivity index (χ4n) is 3.34. The number of carbonyl (C=O) groups excluding carboxylic acids is 1. The van der Waals surface area contributed by atoms with Gasteiger partial charge in [0.25, 0.3) is 0 Å². The normalized spacial score (nSPS) is 20.6. The van der Waals surface area contributed by atoms with E-state index < -0.39 is 0 Å². The monoisotopic (exact) mass is 312 g/mol. The second kappa shape index (κ2) is 7.42. The van der Waals surface area contributed by atoms with Crippen molar-refractivity contribution in [1.29, 1.82) is 0 Å². The van der Waals surface area contributed by atoms with Crippen molar-refractivity contribution in [2.75, 3.05) is 6.54 Å². The summed E-state index contributed by atoms with van der Waals surface area (Å²) >= 11 is 0. The summed E-state index contributed by atoms with van der Waals surface area (Å²) in [7, 11) is 0. The van der Waals surface area contributed by atoms with Crippen LogP contribution in [0.1, 0.15) is 30.4 Å². The molecule has 0 radical (unpaired) electrons. The molecular formula is C18H24N4O. The van der Waals surface area contributed by atoms with E-state index in [0.717, 1.165) is 31.4 Å². The number of hydrogen-bond donors (Lipinski definition) is 2. The van der Waals surface area contributed by atoms with E-state index in [1.54, 1.807) is 6.20 Å². The minimum absolute atomic E-state index is 0.0977. The maximum absolute atomic E-state index is 12.3. The van der Waals surface area contributed by atoms with Crippen molar-refractivity contribution < 1.29 is 4.79 Å². The molecule has 2 atom stereocenters. The first-order valence-corrected chi connectivity index (χ1v) is 8.27. The molecule has 2 aromatic rings. The number of rotatable bonds is 6. The minimum Gasteiger partial charge on any atom is -0.352 e. The summed E-state index contributed by atoms with van der Waals surface area (Å²) in [6.07, 6.45) is 8.70. The maximum atomic E-state index is 12.3. The Bertz CT molecular complexity index is 621. The zero-order valence-electron chi connectivity index (χ0n) is 13.3. The number of benzene rings is 1. The number of nitrogens with one attached hydrogen (secondary N) is 1. The van der Waals surface area contributed by atoms with E-state index in [1.165, 1.54) is 5.56 Å². The number of hydrogen-bond acceptors (Lipinski definition) is 3. The number of nitrogens with two attached hydrogens (primary N) is 1. The first-order chi connectivity index (χ1) is 11.3.